The number of halogens is 4. The first-order valence-corrected chi connectivity index (χ1v) is 10.2. The lowest BCUT2D eigenvalue weighted by Crippen LogP contribution is -2.24. The zero-order valence-corrected chi connectivity index (χ0v) is 17.0. The standard InChI is InChI=1S/C20H23F4NO3S/c1-3-7-28-25-12(2)19-17(26)9-13(10-18(19)27)6-8-29-14-4-5-16(21)15(11-14)20(22,23)24/h4-5,11,13,26H,3,6-10H2,1-2H3/b25-12+. The molecular weight excluding hydrogens is 410 g/mol. The third kappa shape index (κ3) is 6.48. The lowest BCUT2D eigenvalue weighted by molar-refractivity contribution is -0.140. The maximum Gasteiger partial charge on any atom is 0.419 e. The molecule has 0 saturated heterocycles. The highest BCUT2D eigenvalue weighted by Crippen LogP contribution is 2.35. The van der Waals surface area contributed by atoms with Crippen molar-refractivity contribution < 1.29 is 32.3 Å². The van der Waals surface area contributed by atoms with Gasteiger partial charge in [0.2, 0.25) is 0 Å². The van der Waals surface area contributed by atoms with Gasteiger partial charge < -0.3 is 9.94 Å². The van der Waals surface area contributed by atoms with Crippen molar-refractivity contribution in [2.24, 2.45) is 11.1 Å². The van der Waals surface area contributed by atoms with Crippen LogP contribution >= 0.6 is 11.8 Å². The summed E-state index contributed by atoms with van der Waals surface area (Å²) in [6.07, 6.45) is -2.94. The maximum absolute atomic E-state index is 13.3. The zero-order valence-electron chi connectivity index (χ0n) is 16.2. The van der Waals surface area contributed by atoms with Crippen LogP contribution in [0.5, 0.6) is 0 Å². The Labute approximate surface area is 171 Å². The van der Waals surface area contributed by atoms with Gasteiger partial charge in [-0.2, -0.15) is 13.2 Å². The molecule has 0 fully saturated rings. The smallest absolute Gasteiger partial charge is 0.419 e. The van der Waals surface area contributed by atoms with Gasteiger partial charge in [0, 0.05) is 17.7 Å². The quantitative estimate of drug-likeness (QED) is 0.182. The van der Waals surface area contributed by atoms with Gasteiger partial charge in [-0.05, 0) is 49.6 Å². The Balaban J connectivity index is 1.95. The molecule has 160 valence electrons. The largest absolute Gasteiger partial charge is 0.511 e. The second-order valence-electron chi connectivity index (χ2n) is 6.81. The van der Waals surface area contributed by atoms with Crippen LogP contribution in [-0.2, 0) is 15.8 Å². The maximum atomic E-state index is 13.3. The second kappa shape index (κ2) is 10.1. The van der Waals surface area contributed by atoms with Crippen molar-refractivity contribution in [1.82, 2.24) is 0 Å². The summed E-state index contributed by atoms with van der Waals surface area (Å²) in [5.41, 5.74) is -0.779. The summed E-state index contributed by atoms with van der Waals surface area (Å²) in [5, 5.41) is 14.1. The molecule has 0 aromatic heterocycles. The fourth-order valence-corrected chi connectivity index (χ4v) is 4.07. The first-order valence-electron chi connectivity index (χ1n) is 9.25. The van der Waals surface area contributed by atoms with Crippen LogP contribution in [0.15, 0.2) is 39.6 Å². The van der Waals surface area contributed by atoms with E-state index in [1.165, 1.54) is 6.07 Å². The van der Waals surface area contributed by atoms with E-state index in [0.29, 0.717) is 35.8 Å². The van der Waals surface area contributed by atoms with E-state index in [4.69, 9.17) is 4.84 Å². The van der Waals surface area contributed by atoms with E-state index in [2.05, 4.69) is 5.16 Å². The van der Waals surface area contributed by atoms with Crippen molar-refractivity contribution in [3.63, 3.8) is 0 Å². The number of thioether (sulfide) groups is 1. The van der Waals surface area contributed by atoms with Gasteiger partial charge in [-0.25, -0.2) is 4.39 Å². The highest BCUT2D eigenvalue weighted by atomic mass is 32.2. The number of nitrogens with zero attached hydrogens (tertiary/aromatic N) is 1. The number of aliphatic hydroxyl groups is 1. The van der Waals surface area contributed by atoms with Gasteiger partial charge in [-0.3, -0.25) is 4.79 Å². The molecule has 4 nitrogen and oxygen atoms in total. The average Bonchev–Trinajstić information content (AvgIpc) is 2.62. The number of oxime groups is 1. The van der Waals surface area contributed by atoms with Crippen molar-refractivity contribution in [3.05, 3.63) is 40.9 Å². The van der Waals surface area contributed by atoms with Gasteiger partial charge in [0.1, 0.15) is 18.2 Å². The van der Waals surface area contributed by atoms with Gasteiger partial charge in [0.15, 0.2) is 5.78 Å². The SMILES string of the molecule is CCCO/N=C(\C)C1=C(O)CC(CCSc2ccc(F)c(C(F)(F)F)c2)CC1=O. The normalized spacial score (nSPS) is 18.3. The predicted octanol–water partition coefficient (Wildman–Crippen LogP) is 5.92. The highest BCUT2D eigenvalue weighted by Gasteiger charge is 2.34. The van der Waals surface area contributed by atoms with Crippen LogP contribution in [0.25, 0.3) is 0 Å². The minimum absolute atomic E-state index is 0.0428. The van der Waals surface area contributed by atoms with E-state index in [0.717, 1.165) is 30.3 Å². The van der Waals surface area contributed by atoms with E-state index in [-0.39, 0.29) is 29.5 Å². The predicted molar refractivity (Wildman–Crippen MR) is 103 cm³/mol. The first-order chi connectivity index (χ1) is 13.6. The number of Topliss-reactive ketones (excluding diaryl/α,β-unsaturated/α-hetero) is 1. The van der Waals surface area contributed by atoms with Gasteiger partial charge in [-0.15, -0.1) is 11.8 Å². The lowest BCUT2D eigenvalue weighted by Gasteiger charge is -2.23. The fourth-order valence-electron chi connectivity index (χ4n) is 3.02. The van der Waals surface area contributed by atoms with Crippen LogP contribution in [-0.4, -0.2) is 29.0 Å². The summed E-state index contributed by atoms with van der Waals surface area (Å²) < 4.78 is 51.7. The van der Waals surface area contributed by atoms with Crippen LogP contribution in [0, 0.1) is 11.7 Å². The van der Waals surface area contributed by atoms with Crippen molar-refractivity contribution in [1.29, 1.82) is 0 Å². The summed E-state index contributed by atoms with van der Waals surface area (Å²) in [7, 11) is 0. The van der Waals surface area contributed by atoms with Gasteiger partial charge in [0.05, 0.1) is 16.8 Å². The van der Waals surface area contributed by atoms with E-state index in [1.54, 1.807) is 6.92 Å². The monoisotopic (exact) mass is 433 g/mol. The number of benzene rings is 1. The van der Waals surface area contributed by atoms with E-state index < -0.39 is 17.6 Å². The number of rotatable bonds is 8. The second-order valence-corrected chi connectivity index (χ2v) is 7.97. The molecule has 1 unspecified atom stereocenters. The molecule has 0 bridgehead atoms. The van der Waals surface area contributed by atoms with Crippen LogP contribution in [0.1, 0.15) is 45.1 Å². The summed E-state index contributed by atoms with van der Waals surface area (Å²) in [6, 6.07) is 2.89. The van der Waals surface area contributed by atoms with E-state index in [1.807, 2.05) is 6.92 Å². The molecule has 0 heterocycles. The Hall–Kier alpha value is -2.03. The third-order valence-electron chi connectivity index (χ3n) is 4.42. The zero-order chi connectivity index (χ0) is 21.6. The molecule has 0 radical (unpaired) electrons. The Morgan fingerprint density at radius 3 is 2.69 bits per heavy atom. The Morgan fingerprint density at radius 1 is 1.34 bits per heavy atom. The summed E-state index contributed by atoms with van der Waals surface area (Å²) in [6.45, 7) is 3.94. The van der Waals surface area contributed by atoms with Crippen LogP contribution < -0.4 is 0 Å². The summed E-state index contributed by atoms with van der Waals surface area (Å²) in [4.78, 5) is 17.7. The molecule has 1 aliphatic carbocycles. The molecule has 2 rings (SSSR count). The first kappa shape index (κ1) is 23.3. The molecule has 0 spiro atoms. The number of aliphatic hydroxyl groups excluding tert-OH is 1. The minimum atomic E-state index is -4.75. The molecule has 0 aliphatic heterocycles. The van der Waals surface area contributed by atoms with Crippen LogP contribution in [0.2, 0.25) is 0 Å². The minimum Gasteiger partial charge on any atom is -0.511 e. The van der Waals surface area contributed by atoms with Gasteiger partial charge in [-0.1, -0.05) is 12.1 Å². The van der Waals surface area contributed by atoms with Crippen molar-refractivity contribution >= 4 is 23.3 Å². The van der Waals surface area contributed by atoms with Crippen molar-refractivity contribution in [2.45, 2.75) is 50.6 Å². The molecule has 1 aromatic rings. The third-order valence-corrected chi connectivity index (χ3v) is 5.45. The van der Waals surface area contributed by atoms with Gasteiger partial charge >= 0.3 is 6.18 Å². The van der Waals surface area contributed by atoms with Crippen LogP contribution in [0.3, 0.4) is 0 Å². The highest BCUT2D eigenvalue weighted by molar-refractivity contribution is 7.99. The molecule has 0 amide bonds. The molecular formula is C20H23F4NO3S. The van der Waals surface area contributed by atoms with Crippen molar-refractivity contribution in [2.75, 3.05) is 12.4 Å². The molecule has 29 heavy (non-hydrogen) atoms. The fraction of sp³-hybridized carbons (Fsp3) is 0.500. The molecule has 1 N–H and O–H groups in total. The molecule has 0 saturated carbocycles. The lowest BCUT2D eigenvalue weighted by atomic mass is 9.84. The van der Waals surface area contributed by atoms with Crippen molar-refractivity contribution in [3.8, 4) is 0 Å². The number of allylic oxidation sites excluding steroid dienone is 2. The number of alkyl halides is 3. The molecule has 9 heteroatoms. The molecule has 1 aromatic carbocycles. The number of carbonyl (C=O) groups excluding carboxylic acids is 1. The number of ketones is 1. The Bertz CT molecular complexity index is 805. The number of hydrogen-bond donors (Lipinski definition) is 1. The summed E-state index contributed by atoms with van der Waals surface area (Å²) in [5.74, 6) is -1.26. The van der Waals surface area contributed by atoms with Crippen LogP contribution in [0.4, 0.5) is 17.6 Å². The van der Waals surface area contributed by atoms with E-state index >= 15 is 0 Å². The topological polar surface area (TPSA) is 58.9 Å². The Morgan fingerprint density at radius 2 is 2.07 bits per heavy atom. The number of carbonyl (C=O) groups is 1. The Kier molecular flexibility index (Phi) is 8.13. The number of hydrogen-bond acceptors (Lipinski definition) is 5. The molecule has 1 aliphatic rings. The average molecular weight is 433 g/mol. The van der Waals surface area contributed by atoms with Gasteiger partial charge in [0.25, 0.3) is 0 Å². The molecule has 1 atom stereocenters. The summed E-state index contributed by atoms with van der Waals surface area (Å²) >= 11 is 1.16. The van der Waals surface area contributed by atoms with E-state index in [9.17, 15) is 27.5 Å².